The van der Waals surface area contributed by atoms with Crippen LogP contribution in [0.4, 0.5) is 13.2 Å². The van der Waals surface area contributed by atoms with E-state index in [1.54, 1.807) is 0 Å². The molecule has 1 aliphatic heterocycles. The molecule has 2 N–H and O–H groups in total. The van der Waals surface area contributed by atoms with E-state index in [1.165, 1.54) is 0 Å². The molecule has 0 radical (unpaired) electrons. The lowest BCUT2D eigenvalue weighted by Gasteiger charge is -2.14. The third-order valence-electron chi connectivity index (χ3n) is 3.01. The van der Waals surface area contributed by atoms with Gasteiger partial charge in [-0.25, -0.2) is 0 Å². The van der Waals surface area contributed by atoms with E-state index in [9.17, 15) is 13.2 Å². The van der Waals surface area contributed by atoms with Crippen molar-refractivity contribution < 1.29 is 22.6 Å². The SMILES string of the molecule is NC(CCOCC(F)(F)F)c1ccc2c(c1)COC2. The van der Waals surface area contributed by atoms with Crippen molar-refractivity contribution in [2.24, 2.45) is 5.73 Å². The first-order chi connectivity index (χ1) is 8.96. The molecule has 0 saturated carbocycles. The van der Waals surface area contributed by atoms with Crippen LogP contribution in [-0.4, -0.2) is 19.4 Å². The van der Waals surface area contributed by atoms with E-state index >= 15 is 0 Å². The Hall–Kier alpha value is -1.11. The first-order valence-electron chi connectivity index (χ1n) is 6.05. The molecule has 1 unspecified atom stereocenters. The summed E-state index contributed by atoms with van der Waals surface area (Å²) in [4.78, 5) is 0. The van der Waals surface area contributed by atoms with E-state index in [0.717, 1.165) is 16.7 Å². The molecule has 106 valence electrons. The molecular weight excluding hydrogens is 259 g/mol. The van der Waals surface area contributed by atoms with Crippen LogP contribution in [-0.2, 0) is 22.7 Å². The molecule has 3 nitrogen and oxygen atoms in total. The first-order valence-corrected chi connectivity index (χ1v) is 6.05. The minimum atomic E-state index is -4.28. The second kappa shape index (κ2) is 5.90. The van der Waals surface area contributed by atoms with Gasteiger partial charge in [-0.05, 0) is 23.1 Å². The van der Waals surface area contributed by atoms with Crippen LogP contribution in [0.1, 0.15) is 29.2 Å². The van der Waals surface area contributed by atoms with Gasteiger partial charge in [-0.15, -0.1) is 0 Å². The molecule has 0 saturated heterocycles. The number of benzene rings is 1. The van der Waals surface area contributed by atoms with Crippen molar-refractivity contribution in [2.75, 3.05) is 13.2 Å². The normalized spacial score (nSPS) is 16.4. The van der Waals surface area contributed by atoms with Gasteiger partial charge in [0.2, 0.25) is 0 Å². The summed E-state index contributed by atoms with van der Waals surface area (Å²) < 4.78 is 45.5. The van der Waals surface area contributed by atoms with Crippen LogP contribution in [0.5, 0.6) is 0 Å². The third kappa shape index (κ3) is 4.19. The lowest BCUT2D eigenvalue weighted by Crippen LogP contribution is -2.19. The molecule has 0 fully saturated rings. The smallest absolute Gasteiger partial charge is 0.372 e. The molecular formula is C13H16F3NO2. The summed E-state index contributed by atoms with van der Waals surface area (Å²) in [5.41, 5.74) is 9.08. The minimum absolute atomic E-state index is 0.00569. The van der Waals surface area contributed by atoms with Crippen LogP contribution in [0.2, 0.25) is 0 Å². The standard InChI is InChI=1S/C13H16F3NO2/c14-13(15,16)8-18-4-3-12(17)9-1-2-10-6-19-7-11(10)5-9/h1-2,5,12H,3-4,6-8,17H2. The lowest BCUT2D eigenvalue weighted by atomic mass is 10.00. The summed E-state index contributed by atoms with van der Waals surface area (Å²) in [5.74, 6) is 0. The Bertz CT molecular complexity index is 434. The van der Waals surface area contributed by atoms with Gasteiger partial charge in [-0.3, -0.25) is 0 Å². The monoisotopic (exact) mass is 275 g/mol. The maximum absolute atomic E-state index is 11.9. The fourth-order valence-corrected chi connectivity index (χ4v) is 1.99. The largest absolute Gasteiger partial charge is 0.411 e. The molecule has 0 aliphatic carbocycles. The summed E-state index contributed by atoms with van der Waals surface area (Å²) in [6, 6.07) is 5.48. The second-order valence-electron chi connectivity index (χ2n) is 4.58. The molecule has 0 spiro atoms. The average molecular weight is 275 g/mol. The Labute approximate surface area is 109 Å². The third-order valence-corrected chi connectivity index (χ3v) is 3.01. The Morgan fingerprint density at radius 3 is 2.74 bits per heavy atom. The number of nitrogens with two attached hydrogens (primary N) is 1. The number of ether oxygens (including phenoxy) is 2. The van der Waals surface area contributed by atoms with Crippen LogP contribution in [0.15, 0.2) is 18.2 Å². The number of halogens is 3. The number of fused-ring (bicyclic) bond motifs is 1. The molecule has 2 rings (SSSR count). The molecule has 6 heteroatoms. The lowest BCUT2D eigenvalue weighted by molar-refractivity contribution is -0.174. The van der Waals surface area contributed by atoms with Crippen molar-refractivity contribution in [2.45, 2.75) is 31.9 Å². The average Bonchev–Trinajstić information content (AvgIpc) is 2.80. The highest BCUT2D eigenvalue weighted by molar-refractivity contribution is 5.34. The zero-order valence-corrected chi connectivity index (χ0v) is 10.4. The van der Waals surface area contributed by atoms with Crippen LogP contribution >= 0.6 is 0 Å². The van der Waals surface area contributed by atoms with E-state index in [4.69, 9.17) is 10.5 Å². The van der Waals surface area contributed by atoms with Crippen molar-refractivity contribution in [3.05, 3.63) is 34.9 Å². The van der Waals surface area contributed by atoms with Gasteiger partial charge in [0.25, 0.3) is 0 Å². The van der Waals surface area contributed by atoms with Crippen LogP contribution in [0.3, 0.4) is 0 Å². The van der Waals surface area contributed by atoms with E-state index in [0.29, 0.717) is 19.6 Å². The predicted molar refractivity (Wildman–Crippen MR) is 63.4 cm³/mol. The van der Waals surface area contributed by atoms with E-state index in [1.807, 2.05) is 18.2 Å². The van der Waals surface area contributed by atoms with Gasteiger partial charge >= 0.3 is 6.18 Å². The van der Waals surface area contributed by atoms with Gasteiger partial charge in [0.1, 0.15) is 6.61 Å². The maximum atomic E-state index is 11.9. The number of hydrogen-bond donors (Lipinski definition) is 1. The fraction of sp³-hybridized carbons (Fsp3) is 0.538. The summed E-state index contributed by atoms with van der Waals surface area (Å²) in [6.45, 7) is -0.0496. The number of hydrogen-bond acceptors (Lipinski definition) is 3. The highest BCUT2D eigenvalue weighted by atomic mass is 19.4. The van der Waals surface area contributed by atoms with Crippen LogP contribution < -0.4 is 5.73 Å². The summed E-state index contributed by atoms with van der Waals surface area (Å²) in [5, 5.41) is 0. The Kier molecular flexibility index (Phi) is 4.44. The molecule has 1 atom stereocenters. The van der Waals surface area contributed by atoms with Gasteiger partial charge in [-0.2, -0.15) is 13.2 Å². The highest BCUT2D eigenvalue weighted by Gasteiger charge is 2.27. The van der Waals surface area contributed by atoms with Crippen LogP contribution in [0.25, 0.3) is 0 Å². The summed E-state index contributed by atoms with van der Waals surface area (Å²) in [7, 11) is 0. The number of rotatable bonds is 5. The highest BCUT2D eigenvalue weighted by Crippen LogP contribution is 2.24. The van der Waals surface area contributed by atoms with E-state index < -0.39 is 12.8 Å². The van der Waals surface area contributed by atoms with Crippen molar-refractivity contribution >= 4 is 0 Å². The minimum Gasteiger partial charge on any atom is -0.372 e. The van der Waals surface area contributed by atoms with Crippen LogP contribution in [0, 0.1) is 0 Å². The summed E-state index contributed by atoms with van der Waals surface area (Å²) in [6.07, 6.45) is -3.93. The molecule has 1 aromatic rings. The fourth-order valence-electron chi connectivity index (χ4n) is 1.99. The van der Waals surface area contributed by atoms with Crippen molar-refractivity contribution in [1.82, 2.24) is 0 Å². The van der Waals surface area contributed by atoms with Crippen molar-refractivity contribution in [3.63, 3.8) is 0 Å². The zero-order valence-electron chi connectivity index (χ0n) is 10.4. The number of alkyl halides is 3. The van der Waals surface area contributed by atoms with Gasteiger partial charge in [0, 0.05) is 12.6 Å². The van der Waals surface area contributed by atoms with E-state index in [-0.39, 0.29) is 12.6 Å². The Morgan fingerprint density at radius 2 is 2.00 bits per heavy atom. The van der Waals surface area contributed by atoms with Crippen molar-refractivity contribution in [1.29, 1.82) is 0 Å². The molecule has 1 aliphatic rings. The topological polar surface area (TPSA) is 44.5 Å². The molecule has 0 amide bonds. The van der Waals surface area contributed by atoms with E-state index in [2.05, 4.69) is 4.74 Å². The maximum Gasteiger partial charge on any atom is 0.411 e. The molecule has 19 heavy (non-hydrogen) atoms. The quantitative estimate of drug-likeness (QED) is 0.840. The zero-order chi connectivity index (χ0) is 13.9. The molecule has 1 heterocycles. The van der Waals surface area contributed by atoms with Gasteiger partial charge in [0.15, 0.2) is 0 Å². The second-order valence-corrected chi connectivity index (χ2v) is 4.58. The molecule has 1 aromatic carbocycles. The van der Waals surface area contributed by atoms with Crippen molar-refractivity contribution in [3.8, 4) is 0 Å². The molecule has 0 bridgehead atoms. The predicted octanol–water partition coefficient (Wildman–Crippen LogP) is 2.69. The first kappa shape index (κ1) is 14.3. The van der Waals surface area contributed by atoms with Gasteiger partial charge in [-0.1, -0.05) is 18.2 Å². The summed E-state index contributed by atoms with van der Waals surface area (Å²) >= 11 is 0. The Balaban J connectivity index is 1.81. The van der Waals surface area contributed by atoms with Gasteiger partial charge < -0.3 is 15.2 Å². The Morgan fingerprint density at radius 1 is 1.26 bits per heavy atom. The molecule has 0 aromatic heterocycles. The van der Waals surface area contributed by atoms with Gasteiger partial charge in [0.05, 0.1) is 13.2 Å².